The number of hydrogen-bond donors (Lipinski definition) is 0. The van der Waals surface area contributed by atoms with Crippen LogP contribution in [0.3, 0.4) is 0 Å². The number of carbonyl (C=O) groups excluding carboxylic acids is 4. The molecule has 22 atom stereocenters. The monoisotopic (exact) mass is 1970 g/mol. The summed E-state index contributed by atoms with van der Waals surface area (Å²) >= 11 is 0. The molecule has 28 nitrogen and oxygen atoms in total. The number of ether oxygens (including phenoxy) is 24. The Labute approximate surface area is 840 Å². The first-order chi connectivity index (χ1) is 69.3. The molecular weight excluding hydrogens is 1820 g/mol. The first-order valence-electron chi connectivity index (χ1n) is 51.5. The zero-order valence-corrected chi connectivity index (χ0v) is 85.5. The van der Waals surface area contributed by atoms with E-state index in [0.29, 0.717) is 83.3 Å². The van der Waals surface area contributed by atoms with Crippen molar-refractivity contribution in [3.05, 3.63) is 221 Å². The van der Waals surface area contributed by atoms with Gasteiger partial charge in [-0.1, -0.05) is 240 Å². The van der Waals surface area contributed by atoms with Gasteiger partial charge in [-0.05, 0) is 171 Å². The average molecular weight is 1970 g/mol. The predicted molar refractivity (Wildman–Crippen MR) is 534 cm³/mol. The lowest BCUT2D eigenvalue weighted by Crippen LogP contribution is -2.68. The molecule has 5 heterocycles. The molecule has 28 heteroatoms. The fourth-order valence-corrected chi connectivity index (χ4v) is 18.4. The van der Waals surface area contributed by atoms with Gasteiger partial charge in [0.15, 0.2) is 49.6 Å². The Morgan fingerprint density at radius 2 is 0.782 bits per heavy atom. The van der Waals surface area contributed by atoms with E-state index in [2.05, 4.69) is 13.8 Å². The van der Waals surface area contributed by atoms with Gasteiger partial charge in [-0.15, -0.1) is 0 Å². The number of rotatable bonds is 50. The minimum atomic E-state index is -1.62. The van der Waals surface area contributed by atoms with Crippen LogP contribution < -0.4 is 28.4 Å². The number of unbranched alkanes of at least 4 members (excludes halogenated alkanes) is 10. The average Bonchev–Trinajstić information content (AvgIpc) is 0.754. The number of esters is 4. The van der Waals surface area contributed by atoms with Crippen LogP contribution in [-0.4, -0.2) is 202 Å². The molecule has 7 aromatic rings. The van der Waals surface area contributed by atoms with Gasteiger partial charge in [0.1, 0.15) is 89.4 Å². The van der Waals surface area contributed by atoms with Gasteiger partial charge < -0.3 is 114 Å². The fraction of sp³-hybridized carbons (Fsp3) is 0.579. The summed E-state index contributed by atoms with van der Waals surface area (Å²) in [5.41, 5.74) is 5.32. The van der Waals surface area contributed by atoms with E-state index in [1.165, 1.54) is 31.8 Å². The molecule has 0 aliphatic carbocycles. The Kier molecular flexibility index (Phi) is 46.8. The Morgan fingerprint density at radius 1 is 0.380 bits per heavy atom. The fourth-order valence-electron chi connectivity index (χ4n) is 18.4. The molecule has 0 spiro atoms. The SMILES string of the molecule is CCCCCCCCCCCC(=O)O[C@@H]1[C@@H](OCc2ccc(OC)cc2)[C@@H](OC(=O)/C=C/c2ccccc2)[C@H](O[C@@H]2[C@@H](OCc3ccc(OC)cc3)[C@@H](OC(=O)C(C)CC)[C@H](O[C@@H]3[C@@H](OCc4ccc(OC)cc4)[C@H]4OC(=O)CCCCCCCCCC(CCCCC)O[C@@H]5O[C@H](COCc6ccc(OC)cc6)[C@@H](OCc6ccc(OC)cc6)[C@H](OCc6ccc(OC)cc6)[C@H]5O[C@@H]4O[C@H]3C)O[C@H]2C)O[C@H]1C. The van der Waals surface area contributed by atoms with Crippen molar-refractivity contribution < 1.29 is 133 Å². The van der Waals surface area contributed by atoms with Gasteiger partial charge in [0, 0.05) is 18.9 Å². The summed E-state index contributed by atoms with van der Waals surface area (Å²) in [5.74, 6) is 0.617. The summed E-state index contributed by atoms with van der Waals surface area (Å²) in [6.07, 6.45) is -3.34. The van der Waals surface area contributed by atoms with Crippen molar-refractivity contribution in [1.29, 1.82) is 0 Å². The number of fused-ring (bicyclic) bond motifs is 2. The summed E-state index contributed by atoms with van der Waals surface area (Å²) in [4.78, 5) is 60.3. The number of hydrogen-bond acceptors (Lipinski definition) is 28. The molecule has 5 fully saturated rings. The van der Waals surface area contributed by atoms with Gasteiger partial charge in [-0.25, -0.2) is 4.79 Å². The second kappa shape index (κ2) is 59.7. The molecule has 0 bridgehead atoms. The van der Waals surface area contributed by atoms with E-state index in [9.17, 15) is 9.59 Å². The van der Waals surface area contributed by atoms with Crippen molar-refractivity contribution in [1.82, 2.24) is 0 Å². The van der Waals surface area contributed by atoms with Gasteiger partial charge in [0.2, 0.25) is 0 Å². The van der Waals surface area contributed by atoms with Gasteiger partial charge in [-0.3, -0.25) is 14.4 Å². The van der Waals surface area contributed by atoms with Crippen molar-refractivity contribution in [2.75, 3.05) is 49.3 Å². The molecule has 5 saturated heterocycles. The summed E-state index contributed by atoms with van der Waals surface area (Å²) in [6, 6.07) is 54.2. The Bertz CT molecular complexity index is 4780. The molecule has 0 aromatic heterocycles. The van der Waals surface area contributed by atoms with Crippen LogP contribution in [0.1, 0.15) is 242 Å². The number of methoxy groups -OCH3 is 6. The molecule has 778 valence electrons. The lowest BCUT2D eigenvalue weighted by molar-refractivity contribution is -0.396. The third-order valence-corrected chi connectivity index (χ3v) is 27.0. The molecule has 5 aliphatic rings. The van der Waals surface area contributed by atoms with E-state index < -0.39 is 153 Å². The summed E-state index contributed by atoms with van der Waals surface area (Å²) in [5, 5.41) is 0. The first kappa shape index (κ1) is 111. The Morgan fingerprint density at radius 3 is 1.27 bits per heavy atom. The van der Waals surface area contributed by atoms with Crippen LogP contribution in [0.4, 0.5) is 0 Å². The van der Waals surface area contributed by atoms with E-state index in [4.69, 9.17) is 114 Å². The molecule has 0 saturated carbocycles. The Balaban J connectivity index is 0.968. The van der Waals surface area contributed by atoms with E-state index in [-0.39, 0.29) is 65.2 Å². The van der Waals surface area contributed by atoms with E-state index in [1.54, 1.807) is 88.6 Å². The maximum atomic E-state index is 15.5. The van der Waals surface area contributed by atoms with Crippen molar-refractivity contribution in [2.45, 2.75) is 371 Å². The number of carbonyl (C=O) groups is 4. The molecule has 0 radical (unpaired) electrons. The zero-order valence-electron chi connectivity index (χ0n) is 85.5. The maximum Gasteiger partial charge on any atom is 0.331 e. The zero-order chi connectivity index (χ0) is 100. The third-order valence-electron chi connectivity index (χ3n) is 27.0. The molecule has 0 N–H and O–H groups in total. The first-order valence-corrected chi connectivity index (χ1v) is 51.5. The lowest BCUT2D eigenvalue weighted by atomic mass is 9.95. The van der Waals surface area contributed by atoms with Crippen LogP contribution in [0, 0.1) is 5.92 Å². The highest BCUT2D eigenvalue weighted by Gasteiger charge is 2.60. The summed E-state index contributed by atoms with van der Waals surface area (Å²) < 4.78 is 164. The normalized spacial score (nSPS) is 26.5. The van der Waals surface area contributed by atoms with E-state index in [0.717, 1.165) is 106 Å². The molecule has 0 amide bonds. The molecule has 5 aliphatic heterocycles. The molecule has 7 aromatic carbocycles. The van der Waals surface area contributed by atoms with Crippen LogP contribution in [-0.2, 0) is 144 Å². The van der Waals surface area contributed by atoms with Crippen molar-refractivity contribution in [3.8, 4) is 34.5 Å². The second-order valence-electron chi connectivity index (χ2n) is 37.6. The van der Waals surface area contributed by atoms with Crippen molar-refractivity contribution >= 4 is 30.0 Å². The topological polar surface area (TPSA) is 290 Å². The van der Waals surface area contributed by atoms with Gasteiger partial charge in [0.05, 0.1) is 119 Å². The highest BCUT2D eigenvalue weighted by molar-refractivity contribution is 5.87. The largest absolute Gasteiger partial charge is 0.497 e. The summed E-state index contributed by atoms with van der Waals surface area (Å²) in [6.45, 7) is 13.3. The third kappa shape index (κ3) is 34.3. The van der Waals surface area contributed by atoms with E-state index in [1.807, 2.05) is 171 Å². The maximum absolute atomic E-state index is 15.5. The highest BCUT2D eigenvalue weighted by atomic mass is 16.8. The van der Waals surface area contributed by atoms with Gasteiger partial charge >= 0.3 is 23.9 Å². The Hall–Kier alpha value is -9.60. The molecular formula is C114H154O28. The van der Waals surface area contributed by atoms with E-state index >= 15 is 9.59 Å². The smallest absolute Gasteiger partial charge is 0.331 e. The molecule has 142 heavy (non-hydrogen) atoms. The van der Waals surface area contributed by atoms with Crippen molar-refractivity contribution in [2.24, 2.45) is 5.92 Å². The minimum absolute atomic E-state index is 0.00101. The van der Waals surface area contributed by atoms with Crippen LogP contribution in [0.5, 0.6) is 34.5 Å². The van der Waals surface area contributed by atoms with Crippen LogP contribution in [0.2, 0.25) is 0 Å². The summed E-state index contributed by atoms with van der Waals surface area (Å²) in [7, 11) is 9.62. The second-order valence-corrected chi connectivity index (χ2v) is 37.6. The minimum Gasteiger partial charge on any atom is -0.497 e. The molecule has 12 rings (SSSR count). The van der Waals surface area contributed by atoms with Crippen LogP contribution in [0.25, 0.3) is 6.08 Å². The molecule has 2 unspecified atom stereocenters. The van der Waals surface area contributed by atoms with Crippen molar-refractivity contribution in [3.63, 3.8) is 0 Å². The van der Waals surface area contributed by atoms with Crippen LogP contribution in [0.15, 0.2) is 182 Å². The predicted octanol–water partition coefficient (Wildman–Crippen LogP) is 21.1. The lowest BCUT2D eigenvalue weighted by Gasteiger charge is -2.51. The number of benzene rings is 7. The standard InChI is InChI=1S/C114H154O28/c1-14-17-19-20-21-22-25-28-35-41-95(115)136-98-77(5)131-111(106(138-97(117)68-55-80-37-32-30-33-38-80)102(98)127-71-83-47-60-89(121-10)61-48-83)140-100-79(7)133-113(108(139-110(118)76(4)16-3)104(100)129-73-85-51-64-91(123-12)65-52-85)141-99-78(6)132-112-107(103(99)128-72-84-49-62-90(122-11)63-50-84)137-96(116)42-36-29-26-23-24-27-34-40-93(39-31-18-15-2)134-114-109(142-112)105(130-74-86-53-66-92(124-13)67-54-86)101(126-70-82-45-58-88(120-9)59-46-82)94(135-114)75-125-69-81-43-56-87(119-8)57-44-81/h30,32-33,37-38,43-68,76-79,93-94,98-109,111-114H,14-29,31,34-36,39-42,69-75H2,1-13H3/b68-55+/t76?,77-,78-,79-,93?,94+,98-,99-,100-,101+,102+,103+,104+,105-,106+,107+,108+,109+,111-,112-,113-,114+/m0/s1. The highest BCUT2D eigenvalue weighted by Crippen LogP contribution is 2.43. The van der Waals surface area contributed by atoms with Gasteiger partial charge in [0.25, 0.3) is 0 Å². The quantitative estimate of drug-likeness (QED) is 0.0148. The van der Waals surface area contributed by atoms with Crippen LogP contribution >= 0.6 is 0 Å². The van der Waals surface area contributed by atoms with Gasteiger partial charge in [-0.2, -0.15) is 0 Å².